The molecule has 0 spiro atoms. The Bertz CT molecular complexity index is 320. The molecule has 3 amide bonds. The summed E-state index contributed by atoms with van der Waals surface area (Å²) in [6.45, 7) is 5.93. The molecule has 2 N–H and O–H groups in total. The molecule has 0 aromatic rings. The Labute approximate surface area is 109 Å². The van der Waals surface area contributed by atoms with Crippen LogP contribution in [0.5, 0.6) is 0 Å². The molecule has 1 aliphatic rings. The lowest BCUT2D eigenvalue weighted by molar-refractivity contribution is -0.138. The third kappa shape index (κ3) is 3.13. The van der Waals surface area contributed by atoms with Gasteiger partial charge in [0.1, 0.15) is 0 Å². The number of nitrogens with two attached hydrogens (primary N) is 1. The Kier molecular flexibility index (Phi) is 4.56. The lowest BCUT2D eigenvalue weighted by Crippen LogP contribution is -2.59. The van der Waals surface area contributed by atoms with Crippen molar-refractivity contribution in [1.82, 2.24) is 14.7 Å². The van der Waals surface area contributed by atoms with E-state index in [1.54, 1.807) is 35.7 Å². The van der Waals surface area contributed by atoms with Gasteiger partial charge in [0.15, 0.2) is 0 Å². The first kappa shape index (κ1) is 14.8. The van der Waals surface area contributed by atoms with Crippen LogP contribution in [0.1, 0.15) is 20.3 Å². The third-order valence-electron chi connectivity index (χ3n) is 3.44. The molecule has 0 bridgehead atoms. The molecule has 0 aromatic heterocycles. The third-order valence-corrected chi connectivity index (χ3v) is 3.44. The highest BCUT2D eigenvalue weighted by molar-refractivity contribution is 5.86. The Morgan fingerprint density at radius 3 is 2.00 bits per heavy atom. The summed E-state index contributed by atoms with van der Waals surface area (Å²) in [4.78, 5) is 29.0. The van der Waals surface area contributed by atoms with Crippen LogP contribution >= 0.6 is 0 Å². The molecule has 1 fully saturated rings. The van der Waals surface area contributed by atoms with Crippen molar-refractivity contribution in [3.63, 3.8) is 0 Å². The van der Waals surface area contributed by atoms with E-state index in [0.717, 1.165) is 0 Å². The van der Waals surface area contributed by atoms with Crippen LogP contribution in [0, 0.1) is 0 Å². The van der Waals surface area contributed by atoms with Gasteiger partial charge in [-0.3, -0.25) is 4.79 Å². The lowest BCUT2D eigenvalue weighted by Gasteiger charge is -2.38. The Hall–Kier alpha value is -1.30. The molecule has 1 saturated heterocycles. The van der Waals surface area contributed by atoms with Crippen LogP contribution in [0.15, 0.2) is 0 Å². The van der Waals surface area contributed by atoms with Gasteiger partial charge in [-0.1, -0.05) is 6.92 Å². The molecule has 1 aliphatic heterocycles. The highest BCUT2D eigenvalue weighted by atomic mass is 16.2. The number of carbonyl (C=O) groups is 2. The summed E-state index contributed by atoms with van der Waals surface area (Å²) in [5, 5.41) is 0. The normalized spacial score (nSPS) is 19.4. The molecule has 0 aromatic carbocycles. The molecular formula is C12H24N4O2. The molecule has 6 nitrogen and oxygen atoms in total. The second-order valence-electron chi connectivity index (χ2n) is 5.23. The van der Waals surface area contributed by atoms with Gasteiger partial charge in [-0.25, -0.2) is 4.79 Å². The minimum Gasteiger partial charge on any atom is -0.338 e. The molecule has 1 atom stereocenters. The maximum atomic E-state index is 12.1. The number of nitrogens with zero attached hydrogens (tertiary/aromatic N) is 3. The molecule has 1 unspecified atom stereocenters. The zero-order chi connectivity index (χ0) is 13.9. The van der Waals surface area contributed by atoms with Crippen molar-refractivity contribution in [2.45, 2.75) is 25.8 Å². The summed E-state index contributed by atoms with van der Waals surface area (Å²) in [6.07, 6.45) is 0.614. The Morgan fingerprint density at radius 2 is 1.61 bits per heavy atom. The number of urea groups is 1. The summed E-state index contributed by atoms with van der Waals surface area (Å²) in [7, 11) is 3.46. The number of amides is 3. The monoisotopic (exact) mass is 256 g/mol. The lowest BCUT2D eigenvalue weighted by atomic mass is 9.98. The zero-order valence-electron chi connectivity index (χ0n) is 11.8. The largest absolute Gasteiger partial charge is 0.338 e. The van der Waals surface area contributed by atoms with Gasteiger partial charge in [0.25, 0.3) is 0 Å². The average Bonchev–Trinajstić information content (AvgIpc) is 2.37. The number of hydrogen-bond donors (Lipinski definition) is 1. The van der Waals surface area contributed by atoms with Crippen LogP contribution in [0.2, 0.25) is 0 Å². The van der Waals surface area contributed by atoms with Gasteiger partial charge in [-0.2, -0.15) is 0 Å². The minimum atomic E-state index is -0.798. The highest BCUT2D eigenvalue weighted by Gasteiger charge is 2.33. The van der Waals surface area contributed by atoms with Crippen LogP contribution in [-0.4, -0.2) is 72.5 Å². The van der Waals surface area contributed by atoms with Crippen LogP contribution in [0.4, 0.5) is 4.79 Å². The van der Waals surface area contributed by atoms with Crippen LogP contribution in [-0.2, 0) is 4.79 Å². The maximum absolute atomic E-state index is 12.1. The second kappa shape index (κ2) is 5.56. The number of hydrogen-bond acceptors (Lipinski definition) is 3. The average molecular weight is 256 g/mol. The predicted octanol–water partition coefficient (Wildman–Crippen LogP) is -0.0604. The van der Waals surface area contributed by atoms with E-state index in [4.69, 9.17) is 5.73 Å². The molecule has 1 heterocycles. The maximum Gasteiger partial charge on any atom is 0.319 e. The fourth-order valence-electron chi connectivity index (χ4n) is 1.90. The van der Waals surface area contributed by atoms with Crippen molar-refractivity contribution in [1.29, 1.82) is 0 Å². The predicted molar refractivity (Wildman–Crippen MR) is 70.1 cm³/mol. The quantitative estimate of drug-likeness (QED) is 0.752. The standard InChI is InChI=1S/C12H24N4O2/c1-5-12(2,13)10(17)15-6-8-16(9-7-15)11(18)14(3)4/h5-9,13H2,1-4H3. The first-order valence-corrected chi connectivity index (χ1v) is 6.34. The van der Waals surface area contributed by atoms with Gasteiger partial charge >= 0.3 is 6.03 Å². The molecule has 0 aliphatic carbocycles. The molecular weight excluding hydrogens is 232 g/mol. The van der Waals surface area contributed by atoms with Gasteiger partial charge < -0.3 is 20.4 Å². The summed E-state index contributed by atoms with van der Waals surface area (Å²) in [5.41, 5.74) is 5.16. The Balaban J connectivity index is 2.54. The van der Waals surface area contributed by atoms with Gasteiger partial charge in [0.05, 0.1) is 5.54 Å². The number of piperazine rings is 1. The van der Waals surface area contributed by atoms with E-state index in [1.165, 1.54) is 0 Å². The molecule has 18 heavy (non-hydrogen) atoms. The van der Waals surface area contributed by atoms with Gasteiger partial charge in [0.2, 0.25) is 5.91 Å². The summed E-state index contributed by atoms with van der Waals surface area (Å²) in [6, 6.07) is -0.00639. The molecule has 1 rings (SSSR count). The van der Waals surface area contributed by atoms with Crippen LogP contribution < -0.4 is 5.73 Å². The molecule has 104 valence electrons. The van der Waals surface area contributed by atoms with Crippen molar-refractivity contribution in [2.75, 3.05) is 40.3 Å². The fraction of sp³-hybridized carbons (Fsp3) is 0.833. The zero-order valence-corrected chi connectivity index (χ0v) is 11.8. The second-order valence-corrected chi connectivity index (χ2v) is 5.23. The smallest absolute Gasteiger partial charge is 0.319 e. The van der Waals surface area contributed by atoms with E-state index in [9.17, 15) is 9.59 Å². The van der Waals surface area contributed by atoms with Gasteiger partial charge in [0, 0.05) is 40.3 Å². The van der Waals surface area contributed by atoms with Gasteiger partial charge in [-0.05, 0) is 13.3 Å². The van der Waals surface area contributed by atoms with E-state index in [0.29, 0.717) is 32.6 Å². The van der Waals surface area contributed by atoms with Gasteiger partial charge in [-0.15, -0.1) is 0 Å². The molecule has 0 radical (unpaired) electrons. The highest BCUT2D eigenvalue weighted by Crippen LogP contribution is 2.13. The van der Waals surface area contributed by atoms with Crippen molar-refractivity contribution in [3.8, 4) is 0 Å². The van der Waals surface area contributed by atoms with E-state index in [1.807, 2.05) is 6.92 Å². The van der Waals surface area contributed by atoms with Crippen molar-refractivity contribution >= 4 is 11.9 Å². The Morgan fingerprint density at radius 1 is 1.17 bits per heavy atom. The first-order valence-electron chi connectivity index (χ1n) is 6.34. The summed E-state index contributed by atoms with van der Waals surface area (Å²) >= 11 is 0. The van der Waals surface area contributed by atoms with E-state index >= 15 is 0 Å². The van der Waals surface area contributed by atoms with Crippen molar-refractivity contribution < 1.29 is 9.59 Å². The first-order chi connectivity index (χ1) is 8.29. The van der Waals surface area contributed by atoms with E-state index in [2.05, 4.69) is 0 Å². The molecule has 0 saturated carbocycles. The topological polar surface area (TPSA) is 69.9 Å². The number of carbonyl (C=O) groups excluding carboxylic acids is 2. The number of rotatable bonds is 2. The minimum absolute atomic E-state index is 0.00639. The fourth-order valence-corrected chi connectivity index (χ4v) is 1.90. The van der Waals surface area contributed by atoms with Crippen molar-refractivity contribution in [2.24, 2.45) is 5.73 Å². The van der Waals surface area contributed by atoms with E-state index < -0.39 is 5.54 Å². The molecule has 6 heteroatoms. The van der Waals surface area contributed by atoms with Crippen LogP contribution in [0.3, 0.4) is 0 Å². The van der Waals surface area contributed by atoms with E-state index in [-0.39, 0.29) is 11.9 Å². The summed E-state index contributed by atoms with van der Waals surface area (Å²) < 4.78 is 0. The SMILES string of the molecule is CCC(C)(N)C(=O)N1CCN(C(=O)N(C)C)CC1. The summed E-state index contributed by atoms with van der Waals surface area (Å²) in [5.74, 6) is -0.0260. The van der Waals surface area contributed by atoms with Crippen LogP contribution in [0.25, 0.3) is 0 Å². The van der Waals surface area contributed by atoms with Crippen molar-refractivity contribution in [3.05, 3.63) is 0 Å².